The lowest BCUT2D eigenvalue weighted by Crippen LogP contribution is -2.47. The Hall–Kier alpha value is -2.67. The van der Waals surface area contributed by atoms with Gasteiger partial charge >= 0.3 is 0 Å². The van der Waals surface area contributed by atoms with Crippen LogP contribution in [0, 0.1) is 0 Å². The number of likely N-dealkylation sites (tertiary alicyclic amines) is 1. The number of hydrogen-bond donors (Lipinski definition) is 2. The summed E-state index contributed by atoms with van der Waals surface area (Å²) >= 11 is 0. The Labute approximate surface area is 146 Å². The van der Waals surface area contributed by atoms with Crippen LogP contribution >= 0.6 is 0 Å². The summed E-state index contributed by atoms with van der Waals surface area (Å²) in [5.41, 5.74) is 7.15. The molecule has 1 saturated heterocycles. The number of hydrogen-bond acceptors (Lipinski definition) is 4. The van der Waals surface area contributed by atoms with E-state index in [4.69, 9.17) is 5.73 Å². The van der Waals surface area contributed by atoms with Gasteiger partial charge in [-0.15, -0.1) is 0 Å². The first-order chi connectivity index (χ1) is 12.1. The summed E-state index contributed by atoms with van der Waals surface area (Å²) < 4.78 is 1.78. The molecule has 0 aliphatic carbocycles. The van der Waals surface area contributed by atoms with Crippen molar-refractivity contribution in [3.63, 3.8) is 0 Å². The minimum atomic E-state index is -0.305. The SMILES string of the molecule is NC(=O)CN1CCC(NC(=O)Cc2ccc(-n3cccn3)cc2)CC1. The van der Waals surface area contributed by atoms with Crippen molar-refractivity contribution in [2.24, 2.45) is 5.73 Å². The van der Waals surface area contributed by atoms with E-state index in [1.54, 1.807) is 10.9 Å². The zero-order chi connectivity index (χ0) is 17.6. The molecule has 1 aliphatic heterocycles. The third-order valence-electron chi connectivity index (χ3n) is 4.40. The molecule has 1 aromatic heterocycles. The predicted molar refractivity (Wildman–Crippen MR) is 94.1 cm³/mol. The number of rotatable bonds is 6. The molecule has 3 rings (SSSR count). The van der Waals surface area contributed by atoms with Gasteiger partial charge in [-0.1, -0.05) is 12.1 Å². The second-order valence-corrected chi connectivity index (χ2v) is 6.38. The summed E-state index contributed by atoms with van der Waals surface area (Å²) in [6.45, 7) is 1.86. The topological polar surface area (TPSA) is 93.3 Å². The highest BCUT2D eigenvalue weighted by Crippen LogP contribution is 2.12. The molecule has 1 aromatic carbocycles. The van der Waals surface area contributed by atoms with Gasteiger partial charge < -0.3 is 11.1 Å². The lowest BCUT2D eigenvalue weighted by Gasteiger charge is -2.31. The Morgan fingerprint density at radius 1 is 1.20 bits per heavy atom. The molecule has 7 nitrogen and oxygen atoms in total. The molecule has 7 heteroatoms. The van der Waals surface area contributed by atoms with Gasteiger partial charge in [-0.2, -0.15) is 5.10 Å². The summed E-state index contributed by atoms with van der Waals surface area (Å²) in [6.07, 6.45) is 5.66. The molecule has 0 atom stereocenters. The van der Waals surface area contributed by atoms with Crippen LogP contribution in [0.15, 0.2) is 42.7 Å². The van der Waals surface area contributed by atoms with Crippen LogP contribution < -0.4 is 11.1 Å². The quantitative estimate of drug-likeness (QED) is 0.799. The number of nitrogens with one attached hydrogen (secondary N) is 1. The third-order valence-corrected chi connectivity index (χ3v) is 4.40. The van der Waals surface area contributed by atoms with Gasteiger partial charge in [0.15, 0.2) is 0 Å². The molecule has 132 valence electrons. The fraction of sp³-hybridized carbons (Fsp3) is 0.389. The van der Waals surface area contributed by atoms with Gasteiger partial charge in [-0.3, -0.25) is 14.5 Å². The zero-order valence-electron chi connectivity index (χ0n) is 14.1. The second kappa shape index (κ2) is 7.94. The van der Waals surface area contributed by atoms with Gasteiger partial charge in [0.25, 0.3) is 0 Å². The van der Waals surface area contributed by atoms with Crippen LogP contribution in [0.1, 0.15) is 18.4 Å². The van der Waals surface area contributed by atoms with Crippen LogP contribution in [0.5, 0.6) is 0 Å². The smallest absolute Gasteiger partial charge is 0.231 e. The van der Waals surface area contributed by atoms with Crippen LogP contribution in [-0.4, -0.2) is 52.2 Å². The van der Waals surface area contributed by atoms with E-state index in [9.17, 15) is 9.59 Å². The van der Waals surface area contributed by atoms with Crippen molar-refractivity contribution in [2.45, 2.75) is 25.3 Å². The van der Waals surface area contributed by atoms with Crippen molar-refractivity contribution < 1.29 is 9.59 Å². The Bertz CT molecular complexity index is 704. The van der Waals surface area contributed by atoms with Crippen LogP contribution in [0.4, 0.5) is 0 Å². The Balaban J connectivity index is 1.46. The molecule has 0 spiro atoms. The molecule has 2 amide bonds. The molecule has 0 bridgehead atoms. The molecule has 0 radical (unpaired) electrons. The van der Waals surface area contributed by atoms with Gasteiger partial charge in [0.2, 0.25) is 11.8 Å². The van der Waals surface area contributed by atoms with Gasteiger partial charge in [0.1, 0.15) is 0 Å². The van der Waals surface area contributed by atoms with E-state index in [1.165, 1.54) is 0 Å². The van der Waals surface area contributed by atoms with Crippen LogP contribution in [0.2, 0.25) is 0 Å². The number of nitrogens with two attached hydrogens (primary N) is 1. The summed E-state index contributed by atoms with van der Waals surface area (Å²) in [5, 5.41) is 7.27. The monoisotopic (exact) mass is 341 g/mol. The molecular weight excluding hydrogens is 318 g/mol. The summed E-state index contributed by atoms with van der Waals surface area (Å²) in [4.78, 5) is 25.2. The van der Waals surface area contributed by atoms with E-state index < -0.39 is 0 Å². The Morgan fingerprint density at radius 2 is 1.92 bits per heavy atom. The van der Waals surface area contributed by atoms with Crippen LogP contribution in [0.25, 0.3) is 5.69 Å². The third kappa shape index (κ3) is 4.90. The van der Waals surface area contributed by atoms with E-state index in [1.807, 2.05) is 41.4 Å². The number of nitrogens with zero attached hydrogens (tertiary/aromatic N) is 3. The van der Waals surface area contributed by atoms with Crippen LogP contribution in [0.3, 0.4) is 0 Å². The first-order valence-electron chi connectivity index (χ1n) is 8.49. The fourth-order valence-electron chi connectivity index (χ4n) is 3.11. The number of carbonyl (C=O) groups is 2. The minimum absolute atomic E-state index is 0.0280. The maximum atomic E-state index is 12.2. The molecule has 1 fully saturated rings. The van der Waals surface area contributed by atoms with Crippen molar-refractivity contribution in [1.82, 2.24) is 20.0 Å². The number of primary amides is 1. The average molecular weight is 341 g/mol. The number of amides is 2. The predicted octanol–water partition coefficient (Wildman–Crippen LogP) is 0.481. The van der Waals surface area contributed by atoms with E-state index in [0.29, 0.717) is 13.0 Å². The zero-order valence-corrected chi connectivity index (χ0v) is 14.1. The standard InChI is InChI=1S/C18H23N5O2/c19-17(24)13-22-10-6-15(7-11-22)21-18(25)12-14-2-4-16(5-3-14)23-9-1-8-20-23/h1-5,8-9,15H,6-7,10-13H2,(H2,19,24)(H,21,25). The molecule has 3 N–H and O–H groups in total. The maximum Gasteiger partial charge on any atom is 0.231 e. The number of piperidine rings is 1. The Kier molecular flexibility index (Phi) is 5.45. The summed E-state index contributed by atoms with van der Waals surface area (Å²) in [7, 11) is 0. The summed E-state index contributed by atoms with van der Waals surface area (Å²) in [5.74, 6) is -0.277. The molecule has 1 aliphatic rings. The average Bonchev–Trinajstić information content (AvgIpc) is 3.11. The molecule has 25 heavy (non-hydrogen) atoms. The maximum absolute atomic E-state index is 12.2. The van der Waals surface area contributed by atoms with Gasteiger partial charge in [-0.25, -0.2) is 4.68 Å². The van der Waals surface area contributed by atoms with Crippen molar-refractivity contribution in [1.29, 1.82) is 0 Å². The lowest BCUT2D eigenvalue weighted by atomic mass is 10.0. The highest BCUT2D eigenvalue weighted by atomic mass is 16.2. The fourth-order valence-corrected chi connectivity index (χ4v) is 3.11. The van der Waals surface area contributed by atoms with Crippen molar-refractivity contribution >= 4 is 11.8 Å². The number of carbonyl (C=O) groups excluding carboxylic acids is 2. The lowest BCUT2D eigenvalue weighted by molar-refractivity contribution is -0.122. The molecule has 0 unspecified atom stereocenters. The largest absolute Gasteiger partial charge is 0.369 e. The van der Waals surface area contributed by atoms with E-state index in [0.717, 1.165) is 37.2 Å². The van der Waals surface area contributed by atoms with Crippen molar-refractivity contribution in [2.75, 3.05) is 19.6 Å². The van der Waals surface area contributed by atoms with Gasteiger partial charge in [0, 0.05) is 31.5 Å². The number of benzene rings is 1. The molecular formula is C18H23N5O2. The number of aromatic nitrogens is 2. The second-order valence-electron chi connectivity index (χ2n) is 6.38. The Morgan fingerprint density at radius 3 is 2.52 bits per heavy atom. The van der Waals surface area contributed by atoms with E-state index in [-0.39, 0.29) is 17.9 Å². The van der Waals surface area contributed by atoms with Crippen molar-refractivity contribution in [3.05, 3.63) is 48.3 Å². The molecule has 2 heterocycles. The normalized spacial score (nSPS) is 15.8. The summed E-state index contributed by atoms with van der Waals surface area (Å²) in [6, 6.07) is 9.85. The molecule has 2 aromatic rings. The minimum Gasteiger partial charge on any atom is -0.369 e. The van der Waals surface area contributed by atoms with E-state index >= 15 is 0 Å². The van der Waals surface area contributed by atoms with Crippen molar-refractivity contribution in [3.8, 4) is 5.69 Å². The van der Waals surface area contributed by atoms with E-state index in [2.05, 4.69) is 10.4 Å². The highest BCUT2D eigenvalue weighted by molar-refractivity contribution is 5.79. The first-order valence-corrected chi connectivity index (χ1v) is 8.49. The molecule has 0 saturated carbocycles. The highest BCUT2D eigenvalue weighted by Gasteiger charge is 2.21. The van der Waals surface area contributed by atoms with Gasteiger partial charge in [0.05, 0.1) is 18.7 Å². The van der Waals surface area contributed by atoms with Gasteiger partial charge in [-0.05, 0) is 36.6 Å². The van der Waals surface area contributed by atoms with Crippen LogP contribution in [-0.2, 0) is 16.0 Å². The first kappa shape index (κ1) is 17.2.